The fourth-order valence-electron chi connectivity index (χ4n) is 2.35. The van der Waals surface area contributed by atoms with Gasteiger partial charge in [0.05, 0.1) is 13.4 Å². The highest BCUT2D eigenvalue weighted by atomic mass is 16.6. The Morgan fingerprint density at radius 2 is 2.00 bits per heavy atom. The van der Waals surface area contributed by atoms with E-state index in [1.54, 1.807) is 13.4 Å². The van der Waals surface area contributed by atoms with E-state index in [9.17, 15) is 4.79 Å². The van der Waals surface area contributed by atoms with E-state index in [1.807, 2.05) is 20.8 Å². The molecule has 1 aliphatic carbocycles. The van der Waals surface area contributed by atoms with Crippen LogP contribution in [0.5, 0.6) is 0 Å². The molecule has 2 atom stereocenters. The van der Waals surface area contributed by atoms with E-state index < -0.39 is 0 Å². The third kappa shape index (κ3) is 7.91. The van der Waals surface area contributed by atoms with Gasteiger partial charge in [0.2, 0.25) is 0 Å². The summed E-state index contributed by atoms with van der Waals surface area (Å²) in [5.74, 6) is 1.64. The summed E-state index contributed by atoms with van der Waals surface area (Å²) in [6.07, 6.45) is 10.2. The molecule has 0 bridgehead atoms. The molecular formula is C16H28O3. The number of esters is 1. The fraction of sp³-hybridized carbons (Fsp3) is 0.812. The molecule has 0 aliphatic heterocycles. The molecule has 0 amide bonds. The predicted octanol–water partition coefficient (Wildman–Crippen LogP) is 4.07. The summed E-state index contributed by atoms with van der Waals surface area (Å²) in [6.45, 7) is 5.73. The van der Waals surface area contributed by atoms with E-state index in [4.69, 9.17) is 9.47 Å². The van der Waals surface area contributed by atoms with Crippen LogP contribution < -0.4 is 0 Å². The minimum Gasteiger partial charge on any atom is -0.505 e. The van der Waals surface area contributed by atoms with Crippen molar-refractivity contribution in [3.63, 3.8) is 0 Å². The van der Waals surface area contributed by atoms with Crippen molar-refractivity contribution in [2.24, 2.45) is 11.8 Å². The summed E-state index contributed by atoms with van der Waals surface area (Å²) in [5, 5.41) is 0. The Morgan fingerprint density at radius 1 is 1.26 bits per heavy atom. The van der Waals surface area contributed by atoms with Gasteiger partial charge in [-0.2, -0.15) is 0 Å². The average Bonchev–Trinajstić information content (AvgIpc) is 3.01. The Balaban J connectivity index is 1.98. The zero-order chi connectivity index (χ0) is 14.3. The Morgan fingerprint density at radius 3 is 2.63 bits per heavy atom. The van der Waals surface area contributed by atoms with Gasteiger partial charge in [0.1, 0.15) is 5.60 Å². The molecule has 0 radical (unpaired) electrons. The van der Waals surface area contributed by atoms with Gasteiger partial charge in [-0.25, -0.2) is 0 Å². The quantitative estimate of drug-likeness (QED) is 0.378. The molecule has 0 aromatic rings. The van der Waals surface area contributed by atoms with E-state index in [0.717, 1.165) is 31.1 Å². The van der Waals surface area contributed by atoms with Crippen LogP contribution in [-0.2, 0) is 14.3 Å². The number of allylic oxidation sites excluding steroid dienone is 1. The fourth-order valence-corrected chi connectivity index (χ4v) is 2.35. The number of rotatable bonds is 8. The van der Waals surface area contributed by atoms with Gasteiger partial charge in [0.25, 0.3) is 0 Å². The summed E-state index contributed by atoms with van der Waals surface area (Å²) in [6, 6.07) is 0. The van der Waals surface area contributed by atoms with E-state index in [-0.39, 0.29) is 11.6 Å². The van der Waals surface area contributed by atoms with E-state index in [0.29, 0.717) is 6.42 Å². The first-order valence-electron chi connectivity index (χ1n) is 7.32. The smallest absolute Gasteiger partial charge is 0.306 e. The van der Waals surface area contributed by atoms with Gasteiger partial charge in [0.15, 0.2) is 0 Å². The van der Waals surface area contributed by atoms with Crippen LogP contribution in [0.25, 0.3) is 0 Å². The summed E-state index contributed by atoms with van der Waals surface area (Å²) in [5.41, 5.74) is -0.355. The Bertz CT molecular complexity index is 302. The van der Waals surface area contributed by atoms with Crippen molar-refractivity contribution in [3.8, 4) is 0 Å². The first-order chi connectivity index (χ1) is 8.92. The largest absolute Gasteiger partial charge is 0.505 e. The van der Waals surface area contributed by atoms with Crippen LogP contribution in [0.2, 0.25) is 0 Å². The van der Waals surface area contributed by atoms with Gasteiger partial charge in [-0.3, -0.25) is 4.79 Å². The molecule has 1 fully saturated rings. The first-order valence-corrected chi connectivity index (χ1v) is 7.32. The minimum absolute atomic E-state index is 0.0668. The first kappa shape index (κ1) is 16.1. The molecular weight excluding hydrogens is 240 g/mol. The van der Waals surface area contributed by atoms with Crippen molar-refractivity contribution in [2.75, 3.05) is 7.11 Å². The van der Waals surface area contributed by atoms with Crippen LogP contribution in [-0.4, -0.2) is 18.7 Å². The van der Waals surface area contributed by atoms with Gasteiger partial charge < -0.3 is 9.47 Å². The lowest BCUT2D eigenvalue weighted by Gasteiger charge is -2.19. The molecule has 0 heterocycles. The molecule has 1 rings (SSSR count). The highest BCUT2D eigenvalue weighted by molar-refractivity contribution is 5.69. The van der Waals surface area contributed by atoms with Crippen molar-refractivity contribution < 1.29 is 14.3 Å². The monoisotopic (exact) mass is 268 g/mol. The molecule has 0 aromatic carbocycles. The van der Waals surface area contributed by atoms with Gasteiger partial charge in [-0.05, 0) is 57.9 Å². The van der Waals surface area contributed by atoms with Crippen LogP contribution in [0.3, 0.4) is 0 Å². The zero-order valence-corrected chi connectivity index (χ0v) is 12.8. The van der Waals surface area contributed by atoms with Gasteiger partial charge in [0, 0.05) is 6.42 Å². The Kier molecular flexibility index (Phi) is 6.40. The normalized spacial score (nSPS) is 22.5. The number of hydrogen-bond acceptors (Lipinski definition) is 3. The second-order valence-electron chi connectivity index (χ2n) is 6.43. The van der Waals surface area contributed by atoms with Crippen LogP contribution in [0.1, 0.15) is 59.3 Å². The third-order valence-electron chi connectivity index (χ3n) is 3.37. The summed E-state index contributed by atoms with van der Waals surface area (Å²) >= 11 is 0. The lowest BCUT2D eigenvalue weighted by atomic mass is 10.1. The zero-order valence-electron chi connectivity index (χ0n) is 12.8. The van der Waals surface area contributed by atoms with Crippen molar-refractivity contribution >= 4 is 5.97 Å². The summed E-state index contributed by atoms with van der Waals surface area (Å²) < 4.78 is 10.2. The van der Waals surface area contributed by atoms with Crippen LogP contribution in [0, 0.1) is 11.8 Å². The topological polar surface area (TPSA) is 35.5 Å². The molecule has 3 heteroatoms. The maximum Gasteiger partial charge on any atom is 0.306 e. The maximum absolute atomic E-state index is 11.5. The van der Waals surface area contributed by atoms with Crippen LogP contribution in [0.4, 0.5) is 0 Å². The Labute approximate surface area is 117 Å². The van der Waals surface area contributed by atoms with Crippen LogP contribution in [0.15, 0.2) is 12.3 Å². The number of carbonyl (C=O) groups excluding carboxylic acids is 1. The summed E-state index contributed by atoms with van der Waals surface area (Å²) in [4.78, 5) is 11.5. The number of methoxy groups -OCH3 is 1. The lowest BCUT2D eigenvalue weighted by molar-refractivity contribution is -0.154. The maximum atomic E-state index is 11.5. The molecule has 0 aromatic heterocycles. The molecule has 0 spiro atoms. The molecule has 1 aliphatic rings. The van der Waals surface area contributed by atoms with E-state index in [2.05, 4.69) is 6.08 Å². The van der Waals surface area contributed by atoms with Crippen molar-refractivity contribution in [1.29, 1.82) is 0 Å². The average molecular weight is 268 g/mol. The molecule has 110 valence electrons. The molecule has 0 N–H and O–H groups in total. The predicted molar refractivity (Wildman–Crippen MR) is 76.7 cm³/mol. The second-order valence-corrected chi connectivity index (χ2v) is 6.43. The molecule has 0 saturated heterocycles. The highest BCUT2D eigenvalue weighted by Gasteiger charge is 2.34. The number of ether oxygens (including phenoxy) is 2. The SMILES string of the molecule is CO/C=C/C[C@@H]1C[C@H]1CCCCC(=O)OC(C)(C)C. The van der Waals surface area contributed by atoms with Gasteiger partial charge >= 0.3 is 5.97 Å². The number of unbranched alkanes of at least 4 members (excludes halogenated alkanes) is 1. The van der Waals surface area contributed by atoms with Gasteiger partial charge in [-0.1, -0.05) is 12.8 Å². The molecule has 0 unspecified atom stereocenters. The van der Waals surface area contributed by atoms with E-state index in [1.165, 1.54) is 12.8 Å². The number of hydrogen-bond donors (Lipinski definition) is 0. The second kappa shape index (κ2) is 7.56. The van der Waals surface area contributed by atoms with Crippen molar-refractivity contribution in [3.05, 3.63) is 12.3 Å². The minimum atomic E-state index is -0.355. The standard InChI is InChI=1S/C16H28O3/c1-16(2,3)19-15(17)10-6-5-8-13-12-14(13)9-7-11-18-4/h7,11,13-14H,5-6,8-10,12H2,1-4H3/b11-7+/t13-,14-/m1/s1. The molecule has 3 nitrogen and oxygen atoms in total. The summed E-state index contributed by atoms with van der Waals surface area (Å²) in [7, 11) is 1.68. The van der Waals surface area contributed by atoms with Crippen molar-refractivity contribution in [2.45, 2.75) is 64.9 Å². The highest BCUT2D eigenvalue weighted by Crippen LogP contribution is 2.44. The number of carbonyl (C=O) groups is 1. The lowest BCUT2D eigenvalue weighted by Crippen LogP contribution is -2.23. The van der Waals surface area contributed by atoms with Crippen LogP contribution >= 0.6 is 0 Å². The van der Waals surface area contributed by atoms with E-state index >= 15 is 0 Å². The third-order valence-corrected chi connectivity index (χ3v) is 3.37. The molecule has 1 saturated carbocycles. The van der Waals surface area contributed by atoms with Crippen molar-refractivity contribution in [1.82, 2.24) is 0 Å². The van der Waals surface area contributed by atoms with Gasteiger partial charge in [-0.15, -0.1) is 0 Å². The molecule has 19 heavy (non-hydrogen) atoms. The Hall–Kier alpha value is -0.990.